The molecule has 2 fully saturated rings. The van der Waals surface area contributed by atoms with Crippen LogP contribution < -0.4 is 24.0 Å². The number of anilines is 1. The van der Waals surface area contributed by atoms with Gasteiger partial charge in [0.15, 0.2) is 0 Å². The number of hydrazone groups is 1. The molecule has 0 N–H and O–H groups in total. The van der Waals surface area contributed by atoms with E-state index in [1.165, 1.54) is 35.3 Å². The molecule has 7 rings (SSSR count). The third-order valence-electron chi connectivity index (χ3n) is 14.1. The van der Waals surface area contributed by atoms with Crippen LogP contribution in [0.4, 0.5) is 5.13 Å². The molecule has 0 unspecified atom stereocenters. The number of rotatable bonds is 27. The Morgan fingerprint density at radius 1 is 0.600 bits per heavy atom. The summed E-state index contributed by atoms with van der Waals surface area (Å²) in [5, 5.41) is 7.43. The fourth-order valence-corrected chi connectivity index (χ4v) is 10.5. The van der Waals surface area contributed by atoms with E-state index in [0.717, 1.165) is 74.1 Å². The molecular formula is C61H73N3O10S. The topological polar surface area (TPSA) is 160 Å². The monoisotopic (exact) mass is 1040 g/mol. The number of carbonyl (C=O) groups is 5. The summed E-state index contributed by atoms with van der Waals surface area (Å²) in [5.41, 5.74) is 3.70. The molecule has 1 aromatic heterocycles. The molecule has 2 aliphatic carbocycles. The SMILES string of the molecule is C=CC(=O)OCCCCCCN(/N=C/c1cc(OC(=O)C2CCC(C(=O)Oc3ccc(CCCCC)cc3)CC2)ccc1OC(=O)C1CCC(C(=O)Oc2ccc(CCCCC)cc2)CC1)c1nc2ccccc2s1. The van der Waals surface area contributed by atoms with Gasteiger partial charge in [0.1, 0.15) is 23.0 Å². The Morgan fingerprint density at radius 2 is 1.09 bits per heavy atom. The summed E-state index contributed by atoms with van der Waals surface area (Å²) in [6, 6.07) is 28.2. The van der Waals surface area contributed by atoms with Gasteiger partial charge in [0, 0.05) is 18.2 Å². The molecule has 0 spiro atoms. The molecular weight excluding hydrogens is 967 g/mol. The largest absolute Gasteiger partial charge is 0.463 e. The Hall–Kier alpha value is -6.67. The van der Waals surface area contributed by atoms with Gasteiger partial charge in [0.2, 0.25) is 5.13 Å². The molecule has 13 nitrogen and oxygen atoms in total. The van der Waals surface area contributed by atoms with Crippen molar-refractivity contribution in [3.8, 4) is 23.0 Å². The first-order chi connectivity index (χ1) is 36.6. The fraction of sp³-hybridized carbons (Fsp3) is 0.459. The maximum atomic E-state index is 13.9. The second kappa shape index (κ2) is 29.4. The second-order valence-electron chi connectivity index (χ2n) is 19.8. The van der Waals surface area contributed by atoms with Gasteiger partial charge in [-0.25, -0.2) is 14.8 Å². The van der Waals surface area contributed by atoms with Gasteiger partial charge >= 0.3 is 29.8 Å². The second-order valence-corrected chi connectivity index (χ2v) is 20.8. The van der Waals surface area contributed by atoms with Crippen LogP contribution >= 0.6 is 11.3 Å². The lowest BCUT2D eigenvalue weighted by atomic mass is 9.82. The van der Waals surface area contributed by atoms with Gasteiger partial charge in [-0.05, 0) is 162 Å². The number of fused-ring (bicyclic) bond motifs is 1. The van der Waals surface area contributed by atoms with E-state index in [1.54, 1.807) is 24.4 Å². The maximum Gasteiger partial charge on any atom is 0.330 e. The van der Waals surface area contributed by atoms with Crippen molar-refractivity contribution >= 4 is 62.7 Å². The van der Waals surface area contributed by atoms with Crippen molar-refractivity contribution < 1.29 is 47.7 Å². The molecule has 2 saturated carbocycles. The number of nitrogens with zero attached hydrogens (tertiary/aromatic N) is 3. The van der Waals surface area contributed by atoms with Crippen LogP contribution in [0.15, 0.2) is 109 Å². The van der Waals surface area contributed by atoms with Gasteiger partial charge in [-0.2, -0.15) is 5.10 Å². The van der Waals surface area contributed by atoms with E-state index in [0.29, 0.717) is 93.1 Å². The van der Waals surface area contributed by atoms with E-state index in [-0.39, 0.29) is 35.3 Å². The van der Waals surface area contributed by atoms with Crippen LogP contribution in [0.2, 0.25) is 0 Å². The molecule has 0 bridgehead atoms. The van der Waals surface area contributed by atoms with Gasteiger partial charge in [-0.3, -0.25) is 19.2 Å². The average molecular weight is 1040 g/mol. The minimum Gasteiger partial charge on any atom is -0.463 e. The normalized spacial score (nSPS) is 17.5. The van der Waals surface area contributed by atoms with Crippen LogP contribution in [-0.4, -0.2) is 54.2 Å². The Balaban J connectivity index is 1.01. The lowest BCUT2D eigenvalue weighted by Gasteiger charge is -2.26. The zero-order valence-corrected chi connectivity index (χ0v) is 44.5. The Bertz CT molecular complexity index is 2650. The first-order valence-electron chi connectivity index (χ1n) is 27.2. The van der Waals surface area contributed by atoms with Crippen molar-refractivity contribution in [1.82, 2.24) is 4.98 Å². The van der Waals surface area contributed by atoms with Gasteiger partial charge < -0.3 is 23.7 Å². The highest BCUT2D eigenvalue weighted by molar-refractivity contribution is 7.22. The third-order valence-corrected chi connectivity index (χ3v) is 15.2. The number of aryl methyl sites for hydroxylation is 2. The molecule has 1 heterocycles. The number of hydrogen-bond acceptors (Lipinski definition) is 14. The summed E-state index contributed by atoms with van der Waals surface area (Å²) in [6.45, 7) is 8.65. The molecule has 4 aromatic carbocycles. The molecule has 0 atom stereocenters. The number of esters is 5. The minimum absolute atomic E-state index is 0.242. The summed E-state index contributed by atoms with van der Waals surface area (Å²) in [7, 11) is 0. The van der Waals surface area contributed by atoms with Crippen molar-refractivity contribution in [2.24, 2.45) is 28.8 Å². The van der Waals surface area contributed by atoms with E-state index < -0.39 is 29.7 Å². The highest BCUT2D eigenvalue weighted by Crippen LogP contribution is 2.35. The van der Waals surface area contributed by atoms with E-state index in [1.807, 2.05) is 77.8 Å². The van der Waals surface area contributed by atoms with Crippen LogP contribution in [0.1, 0.15) is 146 Å². The molecule has 75 heavy (non-hydrogen) atoms. The van der Waals surface area contributed by atoms with Crippen molar-refractivity contribution in [2.75, 3.05) is 18.2 Å². The third kappa shape index (κ3) is 17.4. The van der Waals surface area contributed by atoms with Crippen molar-refractivity contribution in [3.05, 3.63) is 120 Å². The zero-order chi connectivity index (χ0) is 52.8. The molecule has 2 aliphatic rings. The highest BCUT2D eigenvalue weighted by atomic mass is 32.1. The first-order valence-corrected chi connectivity index (χ1v) is 28.1. The predicted octanol–water partition coefficient (Wildman–Crippen LogP) is 13.5. The predicted molar refractivity (Wildman–Crippen MR) is 293 cm³/mol. The number of para-hydroxylation sites is 1. The lowest BCUT2D eigenvalue weighted by Crippen LogP contribution is -2.30. The Kier molecular flexibility index (Phi) is 22.0. The number of hydrogen-bond donors (Lipinski definition) is 0. The van der Waals surface area contributed by atoms with Gasteiger partial charge in [0.05, 0.1) is 46.7 Å². The number of aromatic nitrogens is 1. The van der Waals surface area contributed by atoms with Crippen LogP contribution in [-0.2, 0) is 41.6 Å². The summed E-state index contributed by atoms with van der Waals surface area (Å²) < 4.78 is 29.8. The molecule has 398 valence electrons. The van der Waals surface area contributed by atoms with Crippen molar-refractivity contribution in [2.45, 2.75) is 142 Å². The van der Waals surface area contributed by atoms with E-state index >= 15 is 0 Å². The van der Waals surface area contributed by atoms with Crippen LogP contribution in [0.5, 0.6) is 23.0 Å². The molecule has 0 aliphatic heterocycles. The van der Waals surface area contributed by atoms with Crippen LogP contribution in [0.3, 0.4) is 0 Å². The maximum absolute atomic E-state index is 13.9. The standard InChI is InChI=1S/C61H73N3O10S/c1-4-7-11-17-43-21-33-50(34-22-43)71-57(66)45-25-27-47(28-26-45)59(68)73-52-37-38-54(74-60(69)48-31-29-46(30-32-48)58(67)72-51-35-23-44(24-36-51)18-12-8-5-2)49(41-52)42-62-64(39-15-9-10-16-40-70-56(65)6-3)61-63-53-19-13-14-20-55(53)75-61/h6,13-14,19-24,33-38,41-42,45-48H,3-5,7-12,15-18,25-32,39-40H2,1-2H3/b62-42+. The summed E-state index contributed by atoms with van der Waals surface area (Å²) >= 11 is 1.51. The highest BCUT2D eigenvalue weighted by Gasteiger charge is 2.34. The van der Waals surface area contributed by atoms with E-state index in [9.17, 15) is 24.0 Å². The quantitative estimate of drug-likeness (QED) is 0.0122. The van der Waals surface area contributed by atoms with Crippen molar-refractivity contribution in [1.29, 1.82) is 0 Å². The minimum atomic E-state index is -0.438. The molecule has 0 radical (unpaired) electrons. The summed E-state index contributed by atoms with van der Waals surface area (Å²) in [5.74, 6) is -1.79. The molecule has 0 saturated heterocycles. The number of benzene rings is 4. The molecule has 5 aromatic rings. The number of thiazole rings is 1. The van der Waals surface area contributed by atoms with E-state index in [2.05, 4.69) is 20.4 Å². The summed E-state index contributed by atoms with van der Waals surface area (Å²) in [6.07, 6.45) is 18.7. The van der Waals surface area contributed by atoms with Gasteiger partial charge in [-0.15, -0.1) is 0 Å². The molecule has 14 heteroatoms. The van der Waals surface area contributed by atoms with Gasteiger partial charge in [0.25, 0.3) is 0 Å². The van der Waals surface area contributed by atoms with Crippen molar-refractivity contribution in [3.63, 3.8) is 0 Å². The number of unbranched alkanes of at least 4 members (excludes halogenated alkanes) is 7. The Morgan fingerprint density at radius 3 is 1.61 bits per heavy atom. The van der Waals surface area contributed by atoms with E-state index in [4.69, 9.17) is 33.8 Å². The smallest absolute Gasteiger partial charge is 0.330 e. The number of ether oxygens (including phenoxy) is 5. The lowest BCUT2D eigenvalue weighted by molar-refractivity contribution is -0.145. The summed E-state index contributed by atoms with van der Waals surface area (Å²) in [4.78, 5) is 70.4. The Labute approximate surface area is 446 Å². The average Bonchev–Trinajstić information content (AvgIpc) is 3.87. The van der Waals surface area contributed by atoms with Gasteiger partial charge in [-0.1, -0.05) is 100 Å². The fourth-order valence-electron chi connectivity index (χ4n) is 9.56. The molecule has 0 amide bonds. The van der Waals surface area contributed by atoms with Crippen LogP contribution in [0, 0.1) is 23.7 Å². The zero-order valence-electron chi connectivity index (χ0n) is 43.7. The first kappa shape index (κ1) is 56.1. The van der Waals surface area contributed by atoms with Crippen LogP contribution in [0.25, 0.3) is 10.2 Å². The number of carbonyl (C=O) groups excluding carboxylic acids is 5.